The first-order valence-corrected chi connectivity index (χ1v) is 4.32. The zero-order chi connectivity index (χ0) is 9.90. The first-order valence-electron chi connectivity index (χ1n) is 4.32. The zero-order valence-electron chi connectivity index (χ0n) is 7.18. The molecule has 2 unspecified atom stereocenters. The van der Waals surface area contributed by atoms with Crippen LogP contribution in [0.3, 0.4) is 0 Å². The van der Waals surface area contributed by atoms with Crippen LogP contribution >= 0.6 is 0 Å². The molecule has 1 aliphatic rings. The Balaban J connectivity index is 2.30. The fourth-order valence-corrected chi connectivity index (χ4v) is 1.44. The Morgan fingerprint density at radius 1 is 1.46 bits per heavy atom. The molecule has 13 heavy (non-hydrogen) atoms. The van der Waals surface area contributed by atoms with Crippen molar-refractivity contribution in [2.24, 2.45) is 5.92 Å². The largest absolute Gasteiger partial charge is 0.414 e. The molecule has 1 heterocycles. The smallest absolute Gasteiger partial charge is 0.384 e. The summed E-state index contributed by atoms with van der Waals surface area (Å²) in [6.45, 7) is 0.964. The normalized spacial score (nSPS) is 27.2. The van der Waals surface area contributed by atoms with Gasteiger partial charge in [0.05, 0.1) is 0 Å². The topological polar surface area (TPSA) is 29.5 Å². The highest BCUT2D eigenvalue weighted by Crippen LogP contribution is 2.27. The third kappa shape index (κ3) is 3.52. The van der Waals surface area contributed by atoms with E-state index in [1.807, 2.05) is 0 Å². The average Bonchev–Trinajstić information content (AvgIpc) is 2.04. The van der Waals surface area contributed by atoms with E-state index in [2.05, 4.69) is 0 Å². The second kappa shape index (κ2) is 4.28. The maximum absolute atomic E-state index is 11.9. The van der Waals surface area contributed by atoms with Crippen molar-refractivity contribution < 1.29 is 23.0 Å². The number of aliphatic hydroxyl groups is 1. The number of ether oxygens (including phenoxy) is 1. The predicted molar refractivity (Wildman–Crippen MR) is 40.2 cm³/mol. The molecule has 0 aliphatic carbocycles. The molecule has 0 saturated carbocycles. The van der Waals surface area contributed by atoms with Gasteiger partial charge in [-0.25, -0.2) is 0 Å². The quantitative estimate of drug-likeness (QED) is 0.732. The van der Waals surface area contributed by atoms with E-state index in [-0.39, 0.29) is 12.3 Å². The Hall–Kier alpha value is -0.290. The lowest BCUT2D eigenvalue weighted by Gasteiger charge is -2.25. The Kier molecular flexibility index (Phi) is 3.55. The van der Waals surface area contributed by atoms with Gasteiger partial charge in [-0.15, -0.1) is 0 Å². The number of hydrogen-bond acceptors (Lipinski definition) is 2. The molecule has 0 amide bonds. The fraction of sp³-hybridized carbons (Fsp3) is 1.00. The molecule has 2 nitrogen and oxygen atoms in total. The number of aliphatic hydroxyl groups excluding tert-OH is 1. The lowest BCUT2D eigenvalue weighted by Crippen LogP contribution is -2.33. The minimum Gasteiger partial charge on any atom is -0.384 e. The van der Waals surface area contributed by atoms with E-state index >= 15 is 0 Å². The summed E-state index contributed by atoms with van der Waals surface area (Å²) >= 11 is 0. The third-order valence-electron chi connectivity index (χ3n) is 2.19. The summed E-state index contributed by atoms with van der Waals surface area (Å²) in [6, 6.07) is 0. The van der Waals surface area contributed by atoms with Gasteiger partial charge in [0.1, 0.15) is 6.10 Å². The second-order valence-corrected chi connectivity index (χ2v) is 3.38. The first kappa shape index (κ1) is 10.8. The van der Waals surface area contributed by atoms with Crippen molar-refractivity contribution in [1.29, 1.82) is 0 Å². The van der Waals surface area contributed by atoms with Gasteiger partial charge in [-0.1, -0.05) is 0 Å². The molecule has 1 aliphatic heterocycles. The average molecular weight is 198 g/mol. The van der Waals surface area contributed by atoms with Crippen molar-refractivity contribution >= 4 is 0 Å². The van der Waals surface area contributed by atoms with Gasteiger partial charge in [0.25, 0.3) is 0 Å². The molecule has 0 spiro atoms. The van der Waals surface area contributed by atoms with Crippen molar-refractivity contribution in [1.82, 2.24) is 0 Å². The Morgan fingerprint density at radius 3 is 2.62 bits per heavy atom. The van der Waals surface area contributed by atoms with Crippen LogP contribution in [0.2, 0.25) is 0 Å². The Bertz CT molecular complexity index is 152. The summed E-state index contributed by atoms with van der Waals surface area (Å²) < 4.78 is 40.8. The number of rotatable bonds is 2. The van der Waals surface area contributed by atoms with Crippen LogP contribution in [0.1, 0.15) is 19.3 Å². The highest BCUT2D eigenvalue weighted by atomic mass is 19.4. The van der Waals surface area contributed by atoms with Crippen molar-refractivity contribution in [3.63, 3.8) is 0 Å². The lowest BCUT2D eigenvalue weighted by atomic mass is 9.95. The van der Waals surface area contributed by atoms with E-state index in [1.54, 1.807) is 0 Å². The molecular weight excluding hydrogens is 185 g/mol. The minimum absolute atomic E-state index is 0.148. The summed E-state index contributed by atoms with van der Waals surface area (Å²) in [7, 11) is 0. The Labute approximate surface area is 74.7 Å². The molecule has 0 radical (unpaired) electrons. The van der Waals surface area contributed by atoms with Gasteiger partial charge in [0, 0.05) is 13.2 Å². The maximum atomic E-state index is 11.9. The predicted octanol–water partition coefficient (Wildman–Crippen LogP) is 1.73. The van der Waals surface area contributed by atoms with Crippen LogP contribution in [0.4, 0.5) is 13.2 Å². The molecular formula is C8H13F3O2. The molecule has 78 valence electrons. The van der Waals surface area contributed by atoms with E-state index in [9.17, 15) is 13.2 Å². The molecule has 2 atom stereocenters. The molecule has 0 aromatic carbocycles. The maximum Gasteiger partial charge on any atom is 0.414 e. The second-order valence-electron chi connectivity index (χ2n) is 3.38. The van der Waals surface area contributed by atoms with Crippen LogP contribution in [-0.2, 0) is 4.74 Å². The van der Waals surface area contributed by atoms with Gasteiger partial charge >= 0.3 is 6.18 Å². The molecule has 0 aromatic rings. The van der Waals surface area contributed by atoms with Crippen LogP contribution in [-0.4, -0.2) is 30.6 Å². The number of alkyl halides is 3. The van der Waals surface area contributed by atoms with Crippen molar-refractivity contribution in [3.8, 4) is 0 Å². The monoisotopic (exact) mass is 198 g/mol. The van der Waals surface area contributed by atoms with E-state index in [1.165, 1.54) is 0 Å². The van der Waals surface area contributed by atoms with Gasteiger partial charge in [0.15, 0.2) is 0 Å². The lowest BCUT2D eigenvalue weighted by molar-refractivity contribution is -0.210. The van der Waals surface area contributed by atoms with E-state index < -0.39 is 12.3 Å². The molecule has 0 aromatic heterocycles. The number of halogens is 3. The van der Waals surface area contributed by atoms with Crippen LogP contribution < -0.4 is 0 Å². The van der Waals surface area contributed by atoms with Gasteiger partial charge in [-0.2, -0.15) is 13.2 Å². The van der Waals surface area contributed by atoms with Gasteiger partial charge in [-0.3, -0.25) is 0 Å². The van der Waals surface area contributed by atoms with Crippen LogP contribution in [0, 0.1) is 5.92 Å². The first-order chi connectivity index (χ1) is 6.00. The van der Waals surface area contributed by atoms with E-state index in [0.29, 0.717) is 19.6 Å². The Morgan fingerprint density at radius 2 is 2.15 bits per heavy atom. The SMILES string of the molecule is OC(CC1CCCOC1)C(F)(F)F. The molecule has 5 heteroatoms. The molecule has 1 fully saturated rings. The van der Waals surface area contributed by atoms with Crippen molar-refractivity contribution in [3.05, 3.63) is 0 Å². The van der Waals surface area contributed by atoms with Gasteiger partial charge < -0.3 is 9.84 Å². The number of hydrogen-bond donors (Lipinski definition) is 1. The summed E-state index contributed by atoms with van der Waals surface area (Å²) in [4.78, 5) is 0. The molecule has 1 N–H and O–H groups in total. The standard InChI is InChI=1S/C8H13F3O2/c9-8(10,11)7(12)4-6-2-1-3-13-5-6/h6-7,12H,1-5H2. The summed E-state index contributed by atoms with van der Waals surface area (Å²) in [6.07, 6.45) is -5.41. The van der Waals surface area contributed by atoms with Crippen LogP contribution in [0.25, 0.3) is 0 Å². The van der Waals surface area contributed by atoms with E-state index in [4.69, 9.17) is 9.84 Å². The van der Waals surface area contributed by atoms with Gasteiger partial charge in [-0.05, 0) is 25.2 Å². The van der Waals surface area contributed by atoms with Gasteiger partial charge in [0.2, 0.25) is 0 Å². The van der Waals surface area contributed by atoms with Crippen LogP contribution in [0.5, 0.6) is 0 Å². The molecule has 1 rings (SSSR count). The molecule has 0 bridgehead atoms. The highest BCUT2D eigenvalue weighted by molar-refractivity contribution is 4.72. The van der Waals surface area contributed by atoms with Crippen molar-refractivity contribution in [2.75, 3.05) is 13.2 Å². The summed E-state index contributed by atoms with van der Waals surface area (Å²) in [5.41, 5.74) is 0. The summed E-state index contributed by atoms with van der Waals surface area (Å²) in [5.74, 6) is -0.148. The summed E-state index contributed by atoms with van der Waals surface area (Å²) in [5, 5.41) is 8.76. The fourth-order valence-electron chi connectivity index (χ4n) is 1.44. The highest BCUT2D eigenvalue weighted by Gasteiger charge is 2.39. The van der Waals surface area contributed by atoms with Crippen LogP contribution in [0.15, 0.2) is 0 Å². The molecule has 1 saturated heterocycles. The zero-order valence-corrected chi connectivity index (χ0v) is 7.18. The van der Waals surface area contributed by atoms with E-state index in [0.717, 1.165) is 6.42 Å². The third-order valence-corrected chi connectivity index (χ3v) is 2.19. The van der Waals surface area contributed by atoms with Crippen molar-refractivity contribution in [2.45, 2.75) is 31.5 Å². The minimum atomic E-state index is -4.49.